The standard InChI is InChI=1S/C22H24FN3O3/c1-2-18-13-26(12-15-6-8-17(23)9-7-15)21(25-18)5-3-4-19-10-16(22(28)29)11-20(14-27)24-19/h6-11,13,27H,2-5,12,14H2,1H3,(H,28,29). The highest BCUT2D eigenvalue weighted by molar-refractivity contribution is 5.87. The minimum Gasteiger partial charge on any atom is -0.478 e. The molecule has 0 aliphatic carbocycles. The zero-order valence-corrected chi connectivity index (χ0v) is 16.3. The summed E-state index contributed by atoms with van der Waals surface area (Å²) >= 11 is 0. The van der Waals surface area contributed by atoms with E-state index in [2.05, 4.69) is 14.5 Å². The van der Waals surface area contributed by atoms with Crippen molar-refractivity contribution in [1.29, 1.82) is 0 Å². The van der Waals surface area contributed by atoms with Gasteiger partial charge in [-0.1, -0.05) is 19.1 Å². The number of carboxylic acid groups (broad SMARTS) is 1. The molecule has 3 aromatic rings. The number of aliphatic hydroxyl groups is 1. The third-order valence-electron chi connectivity index (χ3n) is 4.71. The van der Waals surface area contributed by atoms with Crippen LogP contribution in [-0.2, 0) is 32.4 Å². The van der Waals surface area contributed by atoms with Gasteiger partial charge in [0.1, 0.15) is 11.6 Å². The van der Waals surface area contributed by atoms with E-state index in [0.717, 1.165) is 29.9 Å². The predicted molar refractivity (Wildman–Crippen MR) is 106 cm³/mol. The van der Waals surface area contributed by atoms with Gasteiger partial charge in [-0.25, -0.2) is 14.2 Å². The highest BCUT2D eigenvalue weighted by Gasteiger charge is 2.11. The summed E-state index contributed by atoms with van der Waals surface area (Å²) in [6.45, 7) is 2.37. The fourth-order valence-corrected chi connectivity index (χ4v) is 3.22. The van der Waals surface area contributed by atoms with Crippen molar-refractivity contribution in [2.24, 2.45) is 0 Å². The van der Waals surface area contributed by atoms with Gasteiger partial charge < -0.3 is 14.8 Å². The van der Waals surface area contributed by atoms with Crippen LogP contribution in [0.1, 0.15) is 52.2 Å². The Kier molecular flexibility index (Phi) is 6.72. The van der Waals surface area contributed by atoms with E-state index in [1.54, 1.807) is 18.2 Å². The number of nitrogens with zero attached hydrogens (tertiary/aromatic N) is 3. The molecule has 0 saturated carbocycles. The van der Waals surface area contributed by atoms with Crippen LogP contribution in [0.25, 0.3) is 0 Å². The molecule has 2 heterocycles. The Morgan fingerprint density at radius 3 is 2.45 bits per heavy atom. The lowest BCUT2D eigenvalue weighted by Gasteiger charge is -2.09. The van der Waals surface area contributed by atoms with Gasteiger partial charge in [-0.3, -0.25) is 4.98 Å². The average Bonchev–Trinajstić information content (AvgIpc) is 3.11. The second-order valence-electron chi connectivity index (χ2n) is 6.91. The van der Waals surface area contributed by atoms with E-state index in [1.165, 1.54) is 18.2 Å². The van der Waals surface area contributed by atoms with Gasteiger partial charge in [0, 0.05) is 24.9 Å². The van der Waals surface area contributed by atoms with Crippen LogP contribution < -0.4 is 0 Å². The minimum atomic E-state index is -1.04. The number of pyridine rings is 1. The molecule has 0 unspecified atom stereocenters. The lowest BCUT2D eigenvalue weighted by molar-refractivity contribution is 0.0696. The van der Waals surface area contributed by atoms with Gasteiger partial charge >= 0.3 is 5.97 Å². The van der Waals surface area contributed by atoms with Gasteiger partial charge in [-0.2, -0.15) is 0 Å². The maximum Gasteiger partial charge on any atom is 0.335 e. The summed E-state index contributed by atoms with van der Waals surface area (Å²) in [5.41, 5.74) is 3.12. The Bertz CT molecular complexity index is 983. The third kappa shape index (κ3) is 5.48. The molecule has 7 heteroatoms. The van der Waals surface area contributed by atoms with E-state index in [9.17, 15) is 19.4 Å². The zero-order chi connectivity index (χ0) is 20.8. The van der Waals surface area contributed by atoms with E-state index in [4.69, 9.17) is 0 Å². The lowest BCUT2D eigenvalue weighted by Crippen LogP contribution is -2.07. The highest BCUT2D eigenvalue weighted by atomic mass is 19.1. The molecule has 0 aliphatic heterocycles. The van der Waals surface area contributed by atoms with Crippen LogP contribution in [-0.4, -0.2) is 30.7 Å². The predicted octanol–water partition coefficient (Wildman–Crippen LogP) is 3.39. The lowest BCUT2D eigenvalue weighted by atomic mass is 10.1. The first-order valence-corrected chi connectivity index (χ1v) is 9.62. The van der Waals surface area contributed by atoms with Crippen LogP contribution in [0.3, 0.4) is 0 Å². The van der Waals surface area contributed by atoms with Crippen LogP contribution in [0.2, 0.25) is 0 Å². The molecule has 152 valence electrons. The fraction of sp³-hybridized carbons (Fsp3) is 0.318. The Balaban J connectivity index is 1.70. The molecule has 0 fully saturated rings. The molecule has 0 saturated heterocycles. The molecule has 2 N–H and O–H groups in total. The van der Waals surface area contributed by atoms with Gasteiger partial charge in [-0.15, -0.1) is 0 Å². The first-order chi connectivity index (χ1) is 14.0. The molecule has 0 aliphatic rings. The number of imidazole rings is 1. The Morgan fingerprint density at radius 1 is 1.07 bits per heavy atom. The van der Waals surface area contributed by atoms with Gasteiger partial charge in [-0.05, 0) is 49.1 Å². The summed E-state index contributed by atoms with van der Waals surface area (Å²) in [6.07, 6.45) is 4.87. The van der Waals surface area contributed by atoms with E-state index < -0.39 is 5.97 Å². The summed E-state index contributed by atoms with van der Waals surface area (Å²) in [5, 5.41) is 18.5. The number of hydrogen-bond acceptors (Lipinski definition) is 4. The second kappa shape index (κ2) is 9.43. The molecule has 0 amide bonds. The summed E-state index contributed by atoms with van der Waals surface area (Å²) in [7, 11) is 0. The monoisotopic (exact) mass is 397 g/mol. The fourth-order valence-electron chi connectivity index (χ4n) is 3.22. The zero-order valence-electron chi connectivity index (χ0n) is 16.3. The van der Waals surface area contributed by atoms with Crippen LogP contribution in [0, 0.1) is 5.82 Å². The first kappa shape index (κ1) is 20.7. The smallest absolute Gasteiger partial charge is 0.335 e. The van der Waals surface area contributed by atoms with Crippen LogP contribution in [0.4, 0.5) is 4.39 Å². The Morgan fingerprint density at radius 2 is 1.79 bits per heavy atom. The number of benzene rings is 1. The maximum atomic E-state index is 13.1. The van der Waals surface area contributed by atoms with Crippen LogP contribution in [0.15, 0.2) is 42.6 Å². The maximum absolute atomic E-state index is 13.1. The van der Waals surface area contributed by atoms with Gasteiger partial charge in [0.05, 0.1) is 23.6 Å². The molecular weight excluding hydrogens is 373 g/mol. The van der Waals surface area contributed by atoms with Crippen molar-refractivity contribution in [3.63, 3.8) is 0 Å². The molecule has 29 heavy (non-hydrogen) atoms. The van der Waals surface area contributed by atoms with Crippen molar-refractivity contribution in [3.8, 4) is 0 Å². The van der Waals surface area contributed by atoms with Crippen molar-refractivity contribution in [3.05, 3.63) is 82.4 Å². The number of aromatic nitrogens is 3. The van der Waals surface area contributed by atoms with Gasteiger partial charge in [0.2, 0.25) is 0 Å². The van der Waals surface area contributed by atoms with Crippen molar-refractivity contribution in [1.82, 2.24) is 14.5 Å². The average molecular weight is 397 g/mol. The van der Waals surface area contributed by atoms with E-state index in [-0.39, 0.29) is 18.0 Å². The van der Waals surface area contributed by atoms with Gasteiger partial charge in [0.15, 0.2) is 0 Å². The molecule has 0 bridgehead atoms. The van der Waals surface area contributed by atoms with Crippen molar-refractivity contribution in [2.45, 2.75) is 45.8 Å². The first-order valence-electron chi connectivity index (χ1n) is 9.62. The SMILES string of the molecule is CCc1cn(Cc2ccc(F)cc2)c(CCCc2cc(C(=O)O)cc(CO)n2)n1. The number of rotatable bonds is 9. The number of aromatic carboxylic acids is 1. The highest BCUT2D eigenvalue weighted by Crippen LogP contribution is 2.14. The Hall–Kier alpha value is -3.06. The molecule has 6 nitrogen and oxygen atoms in total. The number of halogens is 1. The van der Waals surface area contributed by atoms with Gasteiger partial charge in [0.25, 0.3) is 0 Å². The quantitative estimate of drug-likeness (QED) is 0.578. The topological polar surface area (TPSA) is 88.2 Å². The summed E-state index contributed by atoms with van der Waals surface area (Å²) in [6, 6.07) is 9.36. The molecule has 0 radical (unpaired) electrons. The van der Waals surface area contributed by atoms with E-state index >= 15 is 0 Å². The molecule has 3 rings (SSSR count). The molecular formula is C22H24FN3O3. The molecule has 1 aromatic carbocycles. The molecule has 0 spiro atoms. The number of carbonyl (C=O) groups is 1. The third-order valence-corrected chi connectivity index (χ3v) is 4.71. The van der Waals surface area contributed by atoms with Crippen molar-refractivity contribution < 1.29 is 19.4 Å². The number of hydrogen-bond donors (Lipinski definition) is 2. The summed E-state index contributed by atoms with van der Waals surface area (Å²) in [4.78, 5) is 20.2. The van der Waals surface area contributed by atoms with E-state index in [0.29, 0.717) is 30.8 Å². The van der Waals surface area contributed by atoms with Crippen LogP contribution >= 0.6 is 0 Å². The number of aryl methyl sites for hydroxylation is 3. The van der Waals surface area contributed by atoms with Crippen molar-refractivity contribution >= 4 is 5.97 Å². The molecule has 2 aromatic heterocycles. The number of aliphatic hydroxyl groups excluding tert-OH is 1. The molecule has 0 atom stereocenters. The normalized spacial score (nSPS) is 11.0. The second-order valence-corrected chi connectivity index (χ2v) is 6.91. The number of carboxylic acids is 1. The Labute approximate surface area is 168 Å². The largest absolute Gasteiger partial charge is 0.478 e. The minimum absolute atomic E-state index is 0.130. The van der Waals surface area contributed by atoms with Crippen LogP contribution in [0.5, 0.6) is 0 Å². The van der Waals surface area contributed by atoms with E-state index in [1.807, 2.05) is 13.1 Å². The summed E-state index contributed by atoms with van der Waals surface area (Å²) in [5.74, 6) is -0.360. The summed E-state index contributed by atoms with van der Waals surface area (Å²) < 4.78 is 15.2. The van der Waals surface area contributed by atoms with Crippen molar-refractivity contribution in [2.75, 3.05) is 0 Å².